The summed E-state index contributed by atoms with van der Waals surface area (Å²) in [6.07, 6.45) is 0.829. The van der Waals surface area contributed by atoms with E-state index in [9.17, 15) is 25.9 Å². The summed E-state index contributed by atoms with van der Waals surface area (Å²) in [6, 6.07) is 14.1. The van der Waals surface area contributed by atoms with Crippen molar-refractivity contribution >= 4 is 77.0 Å². The fourth-order valence-corrected chi connectivity index (χ4v) is 5.80. The molecule has 0 atom stereocenters. The second-order valence-corrected chi connectivity index (χ2v) is 23.4. The number of hydrogen-bond acceptors (Lipinski definition) is 7. The Balaban J connectivity index is 0.00000141. The summed E-state index contributed by atoms with van der Waals surface area (Å²) in [4.78, 5) is 0.714. The van der Waals surface area contributed by atoms with Gasteiger partial charge in [0.1, 0.15) is 26.5 Å². The van der Waals surface area contributed by atoms with E-state index < -0.39 is 30.0 Å². The molecule has 14 heteroatoms. The van der Waals surface area contributed by atoms with Crippen molar-refractivity contribution in [3.8, 4) is 11.5 Å². The maximum absolute atomic E-state index is 12.4. The van der Waals surface area contributed by atoms with Crippen molar-refractivity contribution in [3.63, 3.8) is 0 Å². The first kappa shape index (κ1) is 37.1. The molecule has 0 aliphatic carbocycles. The van der Waals surface area contributed by atoms with Crippen LogP contribution >= 0.6 is 40.0 Å². The molecule has 3 aromatic carbocycles. The van der Waals surface area contributed by atoms with Gasteiger partial charge in [-0.1, -0.05) is 24.6 Å². The summed E-state index contributed by atoms with van der Waals surface area (Å²) < 4.78 is 76.0. The molecule has 0 radical (unpaired) electrons. The Labute approximate surface area is 292 Å². The van der Waals surface area contributed by atoms with Crippen LogP contribution in [0.4, 0.5) is 5.69 Å². The van der Waals surface area contributed by atoms with Gasteiger partial charge in [-0.15, -0.1) is 0 Å². The molecule has 0 bridgehead atoms. The van der Waals surface area contributed by atoms with Crippen LogP contribution in [-0.2, 0) is 29.7 Å². The van der Waals surface area contributed by atoms with Crippen molar-refractivity contribution in [3.05, 3.63) is 76.2 Å². The van der Waals surface area contributed by atoms with Crippen molar-refractivity contribution in [2.75, 3.05) is 18.0 Å². The first-order chi connectivity index (χ1) is 18.8. The second-order valence-electron chi connectivity index (χ2n) is 8.83. The number of anilines is 1. The zero-order valence-electron chi connectivity index (χ0n) is 23.2. The van der Waals surface area contributed by atoms with Crippen LogP contribution in [0.2, 0.25) is 0 Å². The van der Waals surface area contributed by atoms with Gasteiger partial charge in [0, 0.05) is 46.8 Å². The van der Waals surface area contributed by atoms with Crippen molar-refractivity contribution in [1.82, 2.24) is 0 Å². The van der Waals surface area contributed by atoms with E-state index in [0.29, 0.717) is 43.4 Å². The molecule has 8 nitrogen and oxygen atoms in total. The Morgan fingerprint density at radius 2 is 1.54 bits per heavy atom. The van der Waals surface area contributed by atoms with Crippen molar-refractivity contribution in [2.24, 2.45) is 0 Å². The molecule has 1 aliphatic heterocycles. The number of nitrogens with zero attached hydrogens (tertiary/aromatic N) is 1. The molecule has 0 aromatic heterocycles. The molecule has 1 aliphatic rings. The van der Waals surface area contributed by atoms with E-state index in [1.165, 1.54) is 6.07 Å². The van der Waals surface area contributed by atoms with E-state index in [0.717, 1.165) is 42.1 Å². The van der Waals surface area contributed by atoms with Crippen LogP contribution in [0.25, 0.3) is 11.1 Å². The SMILES string of the molecule is CC/C(C)=c1\ccc2c(c1)Oc1cc(N(CC)CC)ccc1C=2c1ccc(S(=O)(=O)[O-])cc1S(=O)(=O)O.[I][V][I].[Na+]. The summed E-state index contributed by atoms with van der Waals surface area (Å²) in [5.74, 6) is 0.978. The Morgan fingerprint density at radius 3 is 2.07 bits per heavy atom. The summed E-state index contributed by atoms with van der Waals surface area (Å²) in [5, 5.41) is 1.53. The third kappa shape index (κ3) is 8.74. The molecule has 0 saturated heterocycles. The predicted molar refractivity (Wildman–Crippen MR) is 169 cm³/mol. The molecule has 0 spiro atoms. The van der Waals surface area contributed by atoms with Crippen LogP contribution < -0.4 is 49.6 Å². The molecule has 0 unspecified atom stereocenters. The quantitative estimate of drug-likeness (QED) is 0.171. The number of ether oxygens (including phenoxy) is 1. The zero-order valence-corrected chi connectivity index (χ0v) is 32.5. The third-order valence-electron chi connectivity index (χ3n) is 6.65. The van der Waals surface area contributed by atoms with Gasteiger partial charge < -0.3 is 14.2 Å². The normalized spacial score (nSPS) is 12.9. The fraction of sp³-hybridized carbons (Fsp3) is 0.259. The number of halogens is 2. The molecule has 4 rings (SSSR count). The molecule has 3 aromatic rings. The van der Waals surface area contributed by atoms with Gasteiger partial charge in [-0.2, -0.15) is 8.42 Å². The smallest absolute Gasteiger partial charge is 1.00 e. The molecule has 0 fully saturated rings. The van der Waals surface area contributed by atoms with Crippen LogP contribution in [0, 0.1) is 0 Å². The minimum Gasteiger partial charge on any atom is 1.00 e. The average molecular weight is 870 g/mol. The molecular weight excluding hydrogens is 842 g/mol. The van der Waals surface area contributed by atoms with Gasteiger partial charge in [-0.3, -0.25) is 4.55 Å². The Kier molecular flexibility index (Phi) is 14.2. The number of rotatable bonds is 7. The van der Waals surface area contributed by atoms with E-state index in [2.05, 4.69) is 44.9 Å². The minimum absolute atomic E-state index is 0. The zero-order chi connectivity index (χ0) is 29.8. The first-order valence-corrected chi connectivity index (χ1v) is 24.1. The van der Waals surface area contributed by atoms with Crippen molar-refractivity contribution in [2.45, 2.75) is 43.9 Å². The van der Waals surface area contributed by atoms with Crippen molar-refractivity contribution in [1.29, 1.82) is 0 Å². The molecule has 0 amide bonds. The van der Waals surface area contributed by atoms with Gasteiger partial charge >= 0.3 is 79.0 Å². The molecule has 215 valence electrons. The largest absolute Gasteiger partial charge is 1.00 e. The second kappa shape index (κ2) is 15.7. The predicted octanol–water partition coefficient (Wildman–Crippen LogP) is 2.39. The van der Waals surface area contributed by atoms with Gasteiger partial charge in [0.15, 0.2) is 0 Å². The standard InChI is InChI=1S/C27H29NO7S2.2HI.Na.V/c1-5-17(4)18-8-11-21-24(14-18)35-25-15-19(28(6-2)7-3)9-12-22(25)27(21)23-13-10-20(36(29,30)31)16-26(23)37(32,33)34;;;;/h8-16H,5-7H2,1-4H3,(H,29,30,31)(H,32,33,34);2*1H;;/q;;;+1;+2/p-3/b18-17+;;;;. The molecule has 1 heterocycles. The summed E-state index contributed by atoms with van der Waals surface area (Å²) >= 11 is 4.74. The molecular formula is C27H28I2NNaO7S2V. The maximum Gasteiger partial charge on any atom is 1.00 e. The van der Waals surface area contributed by atoms with E-state index in [4.69, 9.17) is 4.74 Å². The van der Waals surface area contributed by atoms with E-state index in [1.807, 2.05) is 64.1 Å². The van der Waals surface area contributed by atoms with Crippen LogP contribution in [0.15, 0.2) is 64.4 Å². The van der Waals surface area contributed by atoms with Gasteiger partial charge in [0.2, 0.25) is 0 Å². The van der Waals surface area contributed by atoms with E-state index in [1.54, 1.807) is 0 Å². The summed E-state index contributed by atoms with van der Waals surface area (Å²) in [6.45, 7) is 9.68. The summed E-state index contributed by atoms with van der Waals surface area (Å²) in [7, 11) is -9.24. The number of benzene rings is 3. The van der Waals surface area contributed by atoms with Crippen LogP contribution in [-0.4, -0.2) is 39.0 Å². The molecule has 0 saturated carbocycles. The van der Waals surface area contributed by atoms with Crippen LogP contribution in [0.5, 0.6) is 11.5 Å². The van der Waals surface area contributed by atoms with Crippen molar-refractivity contribution < 1.29 is 69.7 Å². The van der Waals surface area contributed by atoms with Crippen LogP contribution in [0.3, 0.4) is 0 Å². The Bertz CT molecular complexity index is 1760. The fourth-order valence-electron chi connectivity index (χ4n) is 4.50. The van der Waals surface area contributed by atoms with Gasteiger partial charge in [0.05, 0.1) is 4.90 Å². The maximum atomic E-state index is 12.4. The average Bonchev–Trinajstić information content (AvgIpc) is 2.90. The topological polar surface area (TPSA) is 124 Å². The molecule has 41 heavy (non-hydrogen) atoms. The minimum atomic E-state index is -4.96. The Hall–Kier alpha value is -0.136. The van der Waals surface area contributed by atoms with E-state index >= 15 is 0 Å². The first-order valence-electron chi connectivity index (χ1n) is 12.2. The molecule has 1 N–H and O–H groups in total. The number of fused-ring (bicyclic) bond motifs is 2. The number of hydrogen-bond donors (Lipinski definition) is 1. The summed E-state index contributed by atoms with van der Waals surface area (Å²) in [5.41, 5.74) is 3.11. The van der Waals surface area contributed by atoms with Gasteiger partial charge in [0.25, 0.3) is 10.1 Å². The Morgan fingerprint density at radius 1 is 0.927 bits per heavy atom. The monoisotopic (exact) mass is 870 g/mol. The van der Waals surface area contributed by atoms with E-state index in [-0.39, 0.29) is 35.1 Å². The third-order valence-corrected chi connectivity index (χ3v) is 8.37. The van der Waals surface area contributed by atoms with Gasteiger partial charge in [-0.25, -0.2) is 8.42 Å². The van der Waals surface area contributed by atoms with Crippen LogP contribution in [0.1, 0.15) is 45.2 Å². The van der Waals surface area contributed by atoms with Gasteiger partial charge in [-0.05, 0) is 68.8 Å².